The topological polar surface area (TPSA) is 21.3 Å². The van der Waals surface area contributed by atoms with Crippen molar-refractivity contribution >= 4 is 0 Å². The van der Waals surface area contributed by atoms with Crippen LogP contribution in [0, 0.1) is 5.92 Å². The van der Waals surface area contributed by atoms with Crippen LogP contribution in [-0.4, -0.2) is 25.8 Å². The Morgan fingerprint density at radius 2 is 2.15 bits per heavy atom. The molecule has 0 aromatic rings. The molecule has 2 nitrogen and oxygen atoms in total. The smallest absolute Gasteiger partial charge is 0.0644 e. The first-order valence-corrected chi connectivity index (χ1v) is 5.42. The quantitative estimate of drug-likeness (QED) is 0.725. The monoisotopic (exact) mass is 185 g/mol. The van der Waals surface area contributed by atoms with E-state index >= 15 is 0 Å². The molecular weight excluding hydrogens is 162 g/mol. The molecule has 0 aromatic heterocycles. The summed E-state index contributed by atoms with van der Waals surface area (Å²) in [7, 11) is 1.80. The first-order chi connectivity index (χ1) is 6.18. The van der Waals surface area contributed by atoms with Crippen LogP contribution in [0.5, 0.6) is 0 Å². The van der Waals surface area contributed by atoms with Crippen LogP contribution >= 0.6 is 0 Å². The SMILES string of the molecule is COCC1(CC(C)C)CCCCN1. The van der Waals surface area contributed by atoms with E-state index in [1.807, 2.05) is 0 Å². The number of ether oxygens (including phenoxy) is 1. The van der Waals surface area contributed by atoms with Gasteiger partial charge in [0.2, 0.25) is 0 Å². The minimum atomic E-state index is 0.279. The Kier molecular flexibility index (Phi) is 4.20. The molecule has 13 heavy (non-hydrogen) atoms. The van der Waals surface area contributed by atoms with Crippen molar-refractivity contribution in [2.75, 3.05) is 20.3 Å². The molecule has 0 saturated carbocycles. The number of methoxy groups -OCH3 is 1. The zero-order valence-corrected chi connectivity index (χ0v) is 9.23. The van der Waals surface area contributed by atoms with Gasteiger partial charge >= 0.3 is 0 Å². The Hall–Kier alpha value is -0.0800. The fraction of sp³-hybridized carbons (Fsp3) is 1.00. The Bertz CT molecular complexity index is 134. The predicted molar refractivity (Wildman–Crippen MR) is 55.9 cm³/mol. The standard InChI is InChI=1S/C11H23NO/c1-10(2)8-11(9-13-3)6-4-5-7-12-11/h10,12H,4-9H2,1-3H3. The van der Waals surface area contributed by atoms with E-state index in [4.69, 9.17) is 4.74 Å². The highest BCUT2D eigenvalue weighted by atomic mass is 16.5. The maximum absolute atomic E-state index is 5.32. The van der Waals surface area contributed by atoms with Crippen LogP contribution < -0.4 is 5.32 Å². The summed E-state index contributed by atoms with van der Waals surface area (Å²) >= 11 is 0. The average molecular weight is 185 g/mol. The fourth-order valence-electron chi connectivity index (χ4n) is 2.44. The first kappa shape index (κ1) is 11.0. The van der Waals surface area contributed by atoms with Gasteiger partial charge in [0.05, 0.1) is 6.61 Å². The van der Waals surface area contributed by atoms with E-state index < -0.39 is 0 Å². The van der Waals surface area contributed by atoms with Crippen molar-refractivity contribution in [3.05, 3.63) is 0 Å². The molecule has 0 aromatic carbocycles. The van der Waals surface area contributed by atoms with Gasteiger partial charge in [-0.15, -0.1) is 0 Å². The summed E-state index contributed by atoms with van der Waals surface area (Å²) in [5.41, 5.74) is 0.279. The average Bonchev–Trinajstić information content (AvgIpc) is 2.04. The minimum absolute atomic E-state index is 0.279. The van der Waals surface area contributed by atoms with Crippen LogP contribution in [0.2, 0.25) is 0 Å². The van der Waals surface area contributed by atoms with Gasteiger partial charge in [-0.2, -0.15) is 0 Å². The lowest BCUT2D eigenvalue weighted by atomic mass is 9.82. The Morgan fingerprint density at radius 1 is 1.38 bits per heavy atom. The van der Waals surface area contributed by atoms with Gasteiger partial charge in [-0.3, -0.25) is 0 Å². The van der Waals surface area contributed by atoms with E-state index in [2.05, 4.69) is 19.2 Å². The van der Waals surface area contributed by atoms with E-state index in [0.29, 0.717) is 0 Å². The molecule has 2 heteroatoms. The van der Waals surface area contributed by atoms with Gasteiger partial charge in [0.1, 0.15) is 0 Å². The Balaban J connectivity index is 2.50. The van der Waals surface area contributed by atoms with Crippen LogP contribution in [0.15, 0.2) is 0 Å². The van der Waals surface area contributed by atoms with E-state index in [1.54, 1.807) is 7.11 Å². The highest BCUT2D eigenvalue weighted by Crippen LogP contribution is 2.26. The maximum Gasteiger partial charge on any atom is 0.0644 e. The minimum Gasteiger partial charge on any atom is -0.383 e. The second-order valence-corrected chi connectivity index (χ2v) is 4.70. The largest absolute Gasteiger partial charge is 0.383 e. The van der Waals surface area contributed by atoms with Crippen molar-refractivity contribution in [1.82, 2.24) is 5.32 Å². The molecule has 0 bridgehead atoms. The van der Waals surface area contributed by atoms with Crippen LogP contribution in [0.1, 0.15) is 39.5 Å². The summed E-state index contributed by atoms with van der Waals surface area (Å²) in [6.07, 6.45) is 5.19. The van der Waals surface area contributed by atoms with Gasteiger partial charge in [-0.25, -0.2) is 0 Å². The third-order valence-corrected chi connectivity index (χ3v) is 2.80. The van der Waals surface area contributed by atoms with E-state index in [1.165, 1.54) is 25.7 Å². The molecule has 0 spiro atoms. The zero-order valence-electron chi connectivity index (χ0n) is 9.23. The molecular formula is C11H23NO. The molecule has 1 aliphatic heterocycles. The lowest BCUT2D eigenvalue weighted by molar-refractivity contribution is 0.0750. The molecule has 1 unspecified atom stereocenters. The van der Waals surface area contributed by atoms with Crippen LogP contribution in [0.3, 0.4) is 0 Å². The first-order valence-electron chi connectivity index (χ1n) is 5.42. The second-order valence-electron chi connectivity index (χ2n) is 4.70. The van der Waals surface area contributed by atoms with Crippen LogP contribution in [0.25, 0.3) is 0 Å². The number of hydrogen-bond acceptors (Lipinski definition) is 2. The number of piperidine rings is 1. The van der Waals surface area contributed by atoms with Gasteiger partial charge in [0.25, 0.3) is 0 Å². The van der Waals surface area contributed by atoms with Gasteiger partial charge in [-0.1, -0.05) is 20.3 Å². The molecule has 1 atom stereocenters. The van der Waals surface area contributed by atoms with Gasteiger partial charge < -0.3 is 10.1 Å². The lowest BCUT2D eigenvalue weighted by Crippen LogP contribution is -2.52. The molecule has 78 valence electrons. The molecule has 1 N–H and O–H groups in total. The normalized spacial score (nSPS) is 29.5. The number of nitrogens with one attached hydrogen (secondary N) is 1. The summed E-state index contributed by atoms with van der Waals surface area (Å²) in [5.74, 6) is 0.751. The van der Waals surface area contributed by atoms with Gasteiger partial charge in [0, 0.05) is 12.6 Å². The van der Waals surface area contributed by atoms with Gasteiger partial charge in [0.15, 0.2) is 0 Å². The highest BCUT2D eigenvalue weighted by Gasteiger charge is 2.31. The molecule has 1 heterocycles. The summed E-state index contributed by atoms with van der Waals surface area (Å²) in [6, 6.07) is 0. The van der Waals surface area contributed by atoms with E-state index in [-0.39, 0.29) is 5.54 Å². The van der Waals surface area contributed by atoms with Gasteiger partial charge in [-0.05, 0) is 31.7 Å². The van der Waals surface area contributed by atoms with Crippen molar-refractivity contribution < 1.29 is 4.74 Å². The molecule has 1 rings (SSSR count). The second kappa shape index (κ2) is 4.97. The number of hydrogen-bond donors (Lipinski definition) is 1. The Morgan fingerprint density at radius 3 is 2.62 bits per heavy atom. The molecule has 1 aliphatic rings. The fourth-order valence-corrected chi connectivity index (χ4v) is 2.44. The van der Waals surface area contributed by atoms with Crippen molar-refractivity contribution in [2.45, 2.75) is 45.1 Å². The Labute approximate surface area is 82.0 Å². The molecule has 0 amide bonds. The van der Waals surface area contributed by atoms with E-state index in [0.717, 1.165) is 19.1 Å². The molecule has 1 saturated heterocycles. The number of rotatable bonds is 4. The maximum atomic E-state index is 5.32. The van der Waals surface area contributed by atoms with E-state index in [9.17, 15) is 0 Å². The third-order valence-electron chi connectivity index (χ3n) is 2.80. The molecule has 1 fully saturated rings. The highest BCUT2D eigenvalue weighted by molar-refractivity contribution is 4.91. The van der Waals surface area contributed by atoms with Crippen molar-refractivity contribution in [2.24, 2.45) is 5.92 Å². The van der Waals surface area contributed by atoms with Crippen LogP contribution in [0.4, 0.5) is 0 Å². The van der Waals surface area contributed by atoms with Crippen molar-refractivity contribution in [1.29, 1.82) is 0 Å². The lowest BCUT2D eigenvalue weighted by Gasteiger charge is -2.39. The van der Waals surface area contributed by atoms with Crippen LogP contribution in [-0.2, 0) is 4.74 Å². The summed E-state index contributed by atoms with van der Waals surface area (Å²) in [5, 5.41) is 3.64. The summed E-state index contributed by atoms with van der Waals surface area (Å²) in [6.45, 7) is 6.60. The summed E-state index contributed by atoms with van der Waals surface area (Å²) < 4.78 is 5.32. The molecule has 0 radical (unpaired) electrons. The van der Waals surface area contributed by atoms with Crippen molar-refractivity contribution in [3.8, 4) is 0 Å². The summed E-state index contributed by atoms with van der Waals surface area (Å²) in [4.78, 5) is 0. The third kappa shape index (κ3) is 3.28. The van der Waals surface area contributed by atoms with Crippen molar-refractivity contribution in [3.63, 3.8) is 0 Å². The predicted octanol–water partition coefficient (Wildman–Crippen LogP) is 2.19. The zero-order chi connectivity index (χ0) is 9.73. The molecule has 0 aliphatic carbocycles.